The highest BCUT2D eigenvalue weighted by Gasteiger charge is 2.69. The molecule has 0 saturated heterocycles. The molecule has 2 heterocycles. The van der Waals surface area contributed by atoms with Crippen LogP contribution in [0.15, 0.2) is 33.2 Å². The fourth-order valence-corrected chi connectivity index (χ4v) is 8.70. The first-order chi connectivity index (χ1) is 20.2. The standard InChI is InChI=1S/C33H38FN5O3/c1-29(7-8-29)28-35-27(38-42-28)32-12-9-30(10-13-32,11-14-32)20-39(24(40)16-31-17-33(34,18-31)19-31)23-4-2-3-22(15-23)26-37-36-25(41-26)21-5-6-21/h2-4,15,21H,5-14,16-20H2,1H3. The largest absolute Gasteiger partial charge is 0.420 e. The van der Waals surface area contributed by atoms with Crippen LogP contribution in [-0.2, 0) is 15.6 Å². The highest BCUT2D eigenvalue weighted by atomic mass is 19.1. The van der Waals surface area contributed by atoms with Gasteiger partial charge in [-0.2, -0.15) is 4.98 Å². The Morgan fingerprint density at radius 3 is 2.40 bits per heavy atom. The number of hydrogen-bond acceptors (Lipinski definition) is 7. The lowest BCUT2D eigenvalue weighted by Crippen LogP contribution is -2.65. The van der Waals surface area contributed by atoms with Gasteiger partial charge in [0.05, 0.1) is 0 Å². The molecular formula is C33H38FN5O3. The molecular weight excluding hydrogens is 533 g/mol. The Morgan fingerprint density at radius 1 is 1.00 bits per heavy atom. The van der Waals surface area contributed by atoms with E-state index < -0.39 is 5.67 Å². The quantitative estimate of drug-likeness (QED) is 0.274. The second-order valence-corrected chi connectivity index (χ2v) is 15.4. The number of halogens is 1. The van der Waals surface area contributed by atoms with E-state index in [1.807, 2.05) is 29.2 Å². The van der Waals surface area contributed by atoms with Crippen molar-refractivity contribution in [2.75, 3.05) is 11.4 Å². The Kier molecular flexibility index (Phi) is 5.01. The lowest BCUT2D eigenvalue weighted by molar-refractivity contribution is -0.215. The third-order valence-corrected chi connectivity index (χ3v) is 12.0. The number of aromatic nitrogens is 4. The van der Waals surface area contributed by atoms with Crippen molar-refractivity contribution >= 4 is 11.6 Å². The number of alkyl halides is 1. The number of rotatable bonds is 9. The molecule has 2 aromatic heterocycles. The van der Waals surface area contributed by atoms with Crippen LogP contribution in [0.25, 0.3) is 11.5 Å². The lowest BCUT2D eigenvalue weighted by atomic mass is 9.41. The summed E-state index contributed by atoms with van der Waals surface area (Å²) in [4.78, 5) is 21.0. The van der Waals surface area contributed by atoms with E-state index in [1.165, 1.54) is 0 Å². The predicted molar refractivity (Wildman–Crippen MR) is 151 cm³/mol. The molecule has 8 saturated carbocycles. The maximum absolute atomic E-state index is 14.4. The minimum atomic E-state index is -1.01. The van der Waals surface area contributed by atoms with E-state index in [2.05, 4.69) is 22.3 Å². The van der Waals surface area contributed by atoms with E-state index in [1.54, 1.807) is 0 Å². The molecule has 0 atom stereocenters. The van der Waals surface area contributed by atoms with Gasteiger partial charge in [0.15, 0.2) is 5.82 Å². The molecule has 4 bridgehead atoms. The van der Waals surface area contributed by atoms with Crippen LogP contribution >= 0.6 is 0 Å². The summed E-state index contributed by atoms with van der Waals surface area (Å²) in [6, 6.07) is 7.98. The summed E-state index contributed by atoms with van der Waals surface area (Å²) in [6.07, 6.45) is 12.6. The summed E-state index contributed by atoms with van der Waals surface area (Å²) >= 11 is 0. The molecule has 0 N–H and O–H groups in total. The van der Waals surface area contributed by atoms with Crippen molar-refractivity contribution < 1.29 is 18.1 Å². The van der Waals surface area contributed by atoms with Crippen LogP contribution in [0.3, 0.4) is 0 Å². The zero-order valence-electron chi connectivity index (χ0n) is 24.3. The molecule has 3 aromatic rings. The average molecular weight is 572 g/mol. The number of nitrogens with zero attached hydrogens (tertiary/aromatic N) is 5. The monoisotopic (exact) mass is 571 g/mol. The molecule has 0 radical (unpaired) electrons. The van der Waals surface area contributed by atoms with Crippen molar-refractivity contribution in [2.45, 2.75) is 119 Å². The maximum atomic E-state index is 14.4. The van der Waals surface area contributed by atoms with Gasteiger partial charge in [-0.1, -0.05) is 18.1 Å². The Bertz CT molecular complexity index is 1540. The zero-order chi connectivity index (χ0) is 28.4. The van der Waals surface area contributed by atoms with E-state index in [9.17, 15) is 9.18 Å². The van der Waals surface area contributed by atoms with Crippen LogP contribution in [0.4, 0.5) is 10.1 Å². The van der Waals surface area contributed by atoms with Crippen LogP contribution in [-0.4, -0.2) is 38.5 Å². The molecule has 8 aliphatic carbocycles. The van der Waals surface area contributed by atoms with Crippen LogP contribution in [0, 0.1) is 10.8 Å². The van der Waals surface area contributed by atoms with Crippen molar-refractivity contribution in [3.05, 3.63) is 41.9 Å². The van der Waals surface area contributed by atoms with Crippen molar-refractivity contribution in [3.8, 4) is 11.5 Å². The number of fused-ring (bicyclic) bond motifs is 3. The maximum Gasteiger partial charge on any atom is 0.247 e. The van der Waals surface area contributed by atoms with E-state index in [0.29, 0.717) is 49.9 Å². The van der Waals surface area contributed by atoms with Gasteiger partial charge >= 0.3 is 0 Å². The first-order valence-electron chi connectivity index (χ1n) is 16.0. The van der Waals surface area contributed by atoms with Gasteiger partial charge in [-0.05, 0) is 112 Å². The lowest BCUT2D eigenvalue weighted by Gasteiger charge is -2.66. The van der Waals surface area contributed by atoms with Gasteiger partial charge in [0.1, 0.15) is 5.67 Å². The highest BCUT2D eigenvalue weighted by molar-refractivity contribution is 5.94. The third-order valence-electron chi connectivity index (χ3n) is 12.0. The summed E-state index contributed by atoms with van der Waals surface area (Å²) < 4.78 is 26.1. The fraction of sp³-hybridized carbons (Fsp3) is 0.667. The SMILES string of the molecule is CC1(c2nc(C34CCC(CN(C(=O)CC56CC(F)(C5)C6)c5cccc(-c6nnc(C7CC7)o6)c5)(CC3)CC4)no2)CC1. The third kappa shape index (κ3) is 3.94. The van der Waals surface area contributed by atoms with Gasteiger partial charge in [-0.15, -0.1) is 10.2 Å². The Hall–Kier alpha value is -3.10. The molecule has 220 valence electrons. The predicted octanol–water partition coefficient (Wildman–Crippen LogP) is 6.96. The number of carbonyl (C=O) groups is 1. The summed E-state index contributed by atoms with van der Waals surface area (Å²) in [5.41, 5.74) is 0.653. The van der Waals surface area contributed by atoms with Crippen LogP contribution < -0.4 is 4.90 Å². The molecule has 11 rings (SSSR count). The first kappa shape index (κ1) is 25.4. The molecule has 1 aromatic carbocycles. The number of benzene rings is 1. The van der Waals surface area contributed by atoms with Crippen LogP contribution in [0.2, 0.25) is 0 Å². The Labute approximate surface area is 244 Å². The summed E-state index contributed by atoms with van der Waals surface area (Å²) in [5.74, 6) is 3.41. The highest BCUT2D eigenvalue weighted by Crippen LogP contribution is 2.71. The Morgan fingerprint density at radius 2 is 1.74 bits per heavy atom. The molecule has 0 unspecified atom stereocenters. The number of amides is 1. The van der Waals surface area contributed by atoms with Crippen molar-refractivity contribution in [2.24, 2.45) is 10.8 Å². The Balaban J connectivity index is 0.976. The zero-order valence-corrected chi connectivity index (χ0v) is 24.3. The number of carbonyl (C=O) groups excluding carboxylic acids is 1. The average Bonchev–Trinajstić information content (AvgIpc) is 3.84. The normalized spacial score (nSPS) is 35.4. The second-order valence-electron chi connectivity index (χ2n) is 15.4. The summed E-state index contributed by atoms with van der Waals surface area (Å²) in [7, 11) is 0. The van der Waals surface area contributed by atoms with Crippen molar-refractivity contribution in [3.63, 3.8) is 0 Å². The summed E-state index contributed by atoms with van der Waals surface area (Å²) in [6.45, 7) is 2.88. The first-order valence-corrected chi connectivity index (χ1v) is 16.0. The second kappa shape index (κ2) is 8.29. The minimum Gasteiger partial charge on any atom is -0.420 e. The van der Waals surface area contributed by atoms with Gasteiger partial charge in [0.2, 0.25) is 23.6 Å². The molecule has 0 aliphatic heterocycles. The smallest absolute Gasteiger partial charge is 0.247 e. The van der Waals surface area contributed by atoms with Crippen molar-refractivity contribution in [1.29, 1.82) is 0 Å². The fourth-order valence-electron chi connectivity index (χ4n) is 8.70. The molecule has 1 amide bonds. The van der Waals surface area contributed by atoms with Crippen LogP contribution in [0.1, 0.15) is 120 Å². The number of hydrogen-bond donors (Lipinski definition) is 0. The topological polar surface area (TPSA) is 98.2 Å². The number of anilines is 1. The molecule has 42 heavy (non-hydrogen) atoms. The molecule has 0 spiro atoms. The molecule has 9 heteroatoms. The van der Waals surface area contributed by atoms with E-state index in [4.69, 9.17) is 13.9 Å². The van der Waals surface area contributed by atoms with Crippen LogP contribution in [0.5, 0.6) is 0 Å². The van der Waals surface area contributed by atoms with Gasteiger partial charge in [0.25, 0.3) is 0 Å². The van der Waals surface area contributed by atoms with E-state index in [0.717, 1.165) is 87.2 Å². The summed E-state index contributed by atoms with van der Waals surface area (Å²) in [5, 5.41) is 13.1. The molecule has 8 fully saturated rings. The van der Waals surface area contributed by atoms with E-state index >= 15 is 0 Å². The van der Waals surface area contributed by atoms with Gasteiger partial charge in [-0.3, -0.25) is 4.79 Å². The van der Waals surface area contributed by atoms with Crippen molar-refractivity contribution in [1.82, 2.24) is 20.3 Å². The van der Waals surface area contributed by atoms with Gasteiger partial charge < -0.3 is 13.8 Å². The minimum absolute atomic E-state index is 0.0119. The van der Waals surface area contributed by atoms with E-state index in [-0.39, 0.29) is 27.6 Å². The molecule has 8 aliphatic rings. The van der Waals surface area contributed by atoms with Gasteiger partial charge in [-0.25, -0.2) is 4.39 Å². The van der Waals surface area contributed by atoms with Gasteiger partial charge in [0, 0.05) is 41.0 Å². The molecule has 8 nitrogen and oxygen atoms in total.